The number of carbonyl (C=O) groups is 2. The van der Waals surface area contributed by atoms with Crippen molar-refractivity contribution >= 4 is 24.3 Å². The Bertz CT molecular complexity index is 491. The van der Waals surface area contributed by atoms with Crippen LogP contribution in [0.15, 0.2) is 24.3 Å². The molecule has 0 atom stereocenters. The molecule has 0 unspecified atom stereocenters. The summed E-state index contributed by atoms with van der Waals surface area (Å²) < 4.78 is 4.93. The summed E-state index contributed by atoms with van der Waals surface area (Å²) in [5, 5.41) is 2.93. The molecule has 0 saturated carbocycles. The Morgan fingerprint density at radius 3 is 2.13 bits per heavy atom. The molecule has 0 bridgehead atoms. The van der Waals surface area contributed by atoms with Crippen molar-refractivity contribution in [2.45, 2.75) is 40.2 Å². The number of benzene rings is 1. The van der Waals surface area contributed by atoms with Gasteiger partial charge in [-0.2, -0.15) is 0 Å². The van der Waals surface area contributed by atoms with Crippen LogP contribution in [0.25, 0.3) is 0 Å². The Balaban J connectivity index is 0.00000484. The van der Waals surface area contributed by atoms with Gasteiger partial charge in [0.15, 0.2) is 0 Å². The molecule has 0 heterocycles. The summed E-state index contributed by atoms with van der Waals surface area (Å²) in [6.07, 6.45) is 1.43. The highest BCUT2D eigenvalue weighted by Crippen LogP contribution is 2.25. The minimum absolute atomic E-state index is 0. The number of hydrogen-bond acceptors (Lipinski definition) is 4. The van der Waals surface area contributed by atoms with Crippen molar-refractivity contribution in [2.24, 2.45) is 11.1 Å². The molecule has 1 rings (SSSR count). The van der Waals surface area contributed by atoms with E-state index >= 15 is 0 Å². The van der Waals surface area contributed by atoms with Crippen LogP contribution < -0.4 is 11.1 Å². The number of ether oxygens (including phenoxy) is 1. The Morgan fingerprint density at radius 1 is 1.13 bits per heavy atom. The second-order valence-electron chi connectivity index (χ2n) is 5.29. The van der Waals surface area contributed by atoms with Crippen LogP contribution >= 0.6 is 12.4 Å². The number of halogens is 1. The zero-order valence-corrected chi connectivity index (χ0v) is 14.9. The molecule has 1 aromatic carbocycles. The van der Waals surface area contributed by atoms with E-state index < -0.39 is 5.41 Å². The molecule has 0 aliphatic rings. The first-order valence-corrected chi connectivity index (χ1v) is 7.77. The van der Waals surface area contributed by atoms with Crippen molar-refractivity contribution in [3.05, 3.63) is 35.4 Å². The van der Waals surface area contributed by atoms with Crippen LogP contribution in [0.3, 0.4) is 0 Å². The number of nitrogens with two attached hydrogens (primary N) is 1. The molecule has 0 aliphatic carbocycles. The highest BCUT2D eigenvalue weighted by molar-refractivity contribution is 5.89. The van der Waals surface area contributed by atoms with Crippen molar-refractivity contribution in [1.29, 1.82) is 0 Å². The normalized spacial score (nSPS) is 10.6. The second kappa shape index (κ2) is 10.2. The van der Waals surface area contributed by atoms with Crippen molar-refractivity contribution in [3.8, 4) is 0 Å². The van der Waals surface area contributed by atoms with Crippen molar-refractivity contribution in [3.63, 3.8) is 0 Å². The lowest BCUT2D eigenvalue weighted by Gasteiger charge is -2.28. The minimum Gasteiger partial charge on any atom is -0.462 e. The molecule has 3 N–H and O–H groups in total. The van der Waals surface area contributed by atoms with Gasteiger partial charge in [0.25, 0.3) is 0 Å². The number of carbonyl (C=O) groups excluding carboxylic acids is 2. The van der Waals surface area contributed by atoms with E-state index in [9.17, 15) is 9.59 Å². The standard InChI is InChI=1S/C17H26N2O3.ClH/c1-4-17(5-2,12-18)16(21)19-11-13-7-9-14(10-8-13)15(20)22-6-3;/h7-10H,4-6,11-12,18H2,1-3H3,(H,19,21);1H. The van der Waals surface area contributed by atoms with Crippen LogP contribution in [-0.2, 0) is 16.1 Å². The van der Waals surface area contributed by atoms with E-state index in [1.807, 2.05) is 26.0 Å². The van der Waals surface area contributed by atoms with Crippen LogP contribution in [0.1, 0.15) is 49.5 Å². The molecule has 0 aliphatic heterocycles. The summed E-state index contributed by atoms with van der Waals surface area (Å²) in [4.78, 5) is 23.9. The predicted molar refractivity (Wildman–Crippen MR) is 93.6 cm³/mol. The molecule has 0 radical (unpaired) electrons. The van der Waals surface area contributed by atoms with Gasteiger partial charge in [-0.1, -0.05) is 26.0 Å². The fourth-order valence-electron chi connectivity index (χ4n) is 2.30. The summed E-state index contributed by atoms with van der Waals surface area (Å²) in [6, 6.07) is 7.04. The van der Waals surface area contributed by atoms with Crippen LogP contribution in [0.4, 0.5) is 0 Å². The van der Waals surface area contributed by atoms with Gasteiger partial charge in [0.05, 0.1) is 17.6 Å². The molecule has 6 heteroatoms. The van der Waals surface area contributed by atoms with Gasteiger partial charge >= 0.3 is 5.97 Å². The van der Waals surface area contributed by atoms with Gasteiger partial charge in [0.2, 0.25) is 5.91 Å². The van der Waals surface area contributed by atoms with Crippen molar-refractivity contribution in [1.82, 2.24) is 5.32 Å². The van der Waals surface area contributed by atoms with Gasteiger partial charge < -0.3 is 15.8 Å². The number of nitrogens with one attached hydrogen (secondary N) is 1. The molecule has 5 nitrogen and oxygen atoms in total. The summed E-state index contributed by atoms with van der Waals surface area (Å²) in [6.45, 7) is 6.84. The Hall–Kier alpha value is -1.59. The molecule has 0 aromatic heterocycles. The highest BCUT2D eigenvalue weighted by Gasteiger charge is 2.32. The number of esters is 1. The van der Waals surface area contributed by atoms with Crippen LogP contribution in [0, 0.1) is 5.41 Å². The van der Waals surface area contributed by atoms with Gasteiger partial charge in [-0.05, 0) is 37.5 Å². The third kappa shape index (κ3) is 5.52. The van der Waals surface area contributed by atoms with E-state index in [0.29, 0.717) is 38.1 Å². The van der Waals surface area contributed by atoms with Gasteiger partial charge in [-0.3, -0.25) is 4.79 Å². The molecule has 0 saturated heterocycles. The monoisotopic (exact) mass is 342 g/mol. The van der Waals surface area contributed by atoms with E-state index in [-0.39, 0.29) is 24.3 Å². The first kappa shape index (κ1) is 21.4. The van der Waals surface area contributed by atoms with E-state index in [0.717, 1.165) is 5.56 Å². The number of hydrogen-bond donors (Lipinski definition) is 2. The van der Waals surface area contributed by atoms with Crippen molar-refractivity contribution < 1.29 is 14.3 Å². The maximum absolute atomic E-state index is 12.3. The summed E-state index contributed by atoms with van der Waals surface area (Å²) in [7, 11) is 0. The maximum atomic E-state index is 12.3. The quantitative estimate of drug-likeness (QED) is 0.712. The lowest BCUT2D eigenvalue weighted by atomic mass is 9.81. The lowest BCUT2D eigenvalue weighted by Crippen LogP contribution is -2.45. The first-order valence-electron chi connectivity index (χ1n) is 7.77. The molecular weight excluding hydrogens is 316 g/mol. The summed E-state index contributed by atoms with van der Waals surface area (Å²) in [5.41, 5.74) is 6.71. The molecule has 1 aromatic rings. The third-order valence-electron chi connectivity index (χ3n) is 4.14. The van der Waals surface area contributed by atoms with E-state index in [1.165, 1.54) is 0 Å². The molecule has 0 spiro atoms. The first-order chi connectivity index (χ1) is 10.5. The Morgan fingerprint density at radius 2 is 1.70 bits per heavy atom. The summed E-state index contributed by atoms with van der Waals surface area (Å²) >= 11 is 0. The fourth-order valence-corrected chi connectivity index (χ4v) is 2.30. The molecular formula is C17H27ClN2O3. The predicted octanol–water partition coefficient (Wildman–Crippen LogP) is 2.67. The lowest BCUT2D eigenvalue weighted by molar-refractivity contribution is -0.131. The largest absolute Gasteiger partial charge is 0.462 e. The van der Waals surface area contributed by atoms with Gasteiger partial charge in [-0.15, -0.1) is 12.4 Å². The number of amides is 1. The SMILES string of the molecule is CCOC(=O)c1ccc(CNC(=O)C(CC)(CC)CN)cc1.Cl. The minimum atomic E-state index is -0.495. The topological polar surface area (TPSA) is 81.4 Å². The molecule has 130 valence electrons. The summed E-state index contributed by atoms with van der Waals surface area (Å²) in [5.74, 6) is -0.355. The van der Waals surface area contributed by atoms with Crippen LogP contribution in [0.2, 0.25) is 0 Å². The molecule has 23 heavy (non-hydrogen) atoms. The second-order valence-corrected chi connectivity index (χ2v) is 5.29. The Labute approximate surface area is 144 Å². The third-order valence-corrected chi connectivity index (χ3v) is 4.14. The molecule has 1 amide bonds. The highest BCUT2D eigenvalue weighted by atomic mass is 35.5. The average molecular weight is 343 g/mol. The Kier molecular flexibility index (Phi) is 9.53. The smallest absolute Gasteiger partial charge is 0.338 e. The van der Waals surface area contributed by atoms with Gasteiger partial charge in [0.1, 0.15) is 0 Å². The van der Waals surface area contributed by atoms with E-state index in [4.69, 9.17) is 10.5 Å². The van der Waals surface area contributed by atoms with Gasteiger partial charge in [-0.25, -0.2) is 4.79 Å². The van der Waals surface area contributed by atoms with E-state index in [2.05, 4.69) is 5.32 Å². The average Bonchev–Trinajstić information content (AvgIpc) is 2.55. The van der Waals surface area contributed by atoms with E-state index in [1.54, 1.807) is 19.1 Å². The zero-order chi connectivity index (χ0) is 16.6. The van der Waals surface area contributed by atoms with Crippen LogP contribution in [-0.4, -0.2) is 25.0 Å². The van der Waals surface area contributed by atoms with Crippen molar-refractivity contribution in [2.75, 3.05) is 13.2 Å². The van der Waals surface area contributed by atoms with Gasteiger partial charge in [0, 0.05) is 13.1 Å². The van der Waals surface area contributed by atoms with Crippen LogP contribution in [0.5, 0.6) is 0 Å². The zero-order valence-electron chi connectivity index (χ0n) is 14.1. The molecule has 0 fully saturated rings. The maximum Gasteiger partial charge on any atom is 0.338 e. The number of rotatable bonds is 8. The fraction of sp³-hybridized carbons (Fsp3) is 0.529.